The zero-order chi connectivity index (χ0) is 14.5. The average Bonchev–Trinajstić information content (AvgIpc) is 2.71. The maximum Gasteiger partial charge on any atom is 0.410 e. The van der Waals surface area contributed by atoms with Crippen LogP contribution in [0.15, 0.2) is 0 Å². The predicted molar refractivity (Wildman–Crippen MR) is 78.0 cm³/mol. The number of nitrogens with two attached hydrogens (primary N) is 1. The molecule has 2 N–H and O–H groups in total. The zero-order valence-electron chi connectivity index (χ0n) is 12.9. The summed E-state index contributed by atoms with van der Waals surface area (Å²) < 4.78 is 5.37. The van der Waals surface area contributed by atoms with Crippen LogP contribution in [0, 0.1) is 11.8 Å². The third kappa shape index (κ3) is 6.28. The second-order valence-corrected chi connectivity index (χ2v) is 6.84. The van der Waals surface area contributed by atoms with Gasteiger partial charge in [0, 0.05) is 13.6 Å². The van der Waals surface area contributed by atoms with Crippen molar-refractivity contribution in [1.82, 2.24) is 4.90 Å². The van der Waals surface area contributed by atoms with Crippen molar-refractivity contribution in [3.63, 3.8) is 0 Å². The topological polar surface area (TPSA) is 55.6 Å². The molecule has 0 aliphatic heterocycles. The van der Waals surface area contributed by atoms with Crippen LogP contribution in [0.25, 0.3) is 0 Å². The molecular weight excluding hydrogens is 240 g/mol. The zero-order valence-corrected chi connectivity index (χ0v) is 12.9. The molecule has 4 nitrogen and oxygen atoms in total. The number of rotatable bonds is 5. The van der Waals surface area contributed by atoms with Crippen molar-refractivity contribution < 1.29 is 9.53 Å². The maximum atomic E-state index is 11.9. The Morgan fingerprint density at radius 2 is 1.95 bits per heavy atom. The lowest BCUT2D eigenvalue weighted by atomic mass is 10.00. The number of ether oxygens (including phenoxy) is 1. The Labute approximate surface area is 117 Å². The number of nitrogens with zero attached hydrogens (tertiary/aromatic N) is 1. The first-order chi connectivity index (χ1) is 8.81. The van der Waals surface area contributed by atoms with E-state index in [0.29, 0.717) is 5.92 Å². The van der Waals surface area contributed by atoms with E-state index in [2.05, 4.69) is 0 Å². The molecule has 0 aromatic heterocycles. The Balaban J connectivity index is 2.30. The van der Waals surface area contributed by atoms with E-state index in [-0.39, 0.29) is 6.09 Å². The first-order valence-corrected chi connectivity index (χ1v) is 7.46. The minimum absolute atomic E-state index is 0.210. The molecule has 1 rings (SSSR count). The smallest absolute Gasteiger partial charge is 0.410 e. The number of hydrogen-bond acceptors (Lipinski definition) is 3. The van der Waals surface area contributed by atoms with E-state index in [4.69, 9.17) is 10.5 Å². The number of hydrogen-bond donors (Lipinski definition) is 1. The third-order valence-electron chi connectivity index (χ3n) is 3.70. The van der Waals surface area contributed by atoms with E-state index in [1.807, 2.05) is 27.8 Å². The molecule has 0 bridgehead atoms. The van der Waals surface area contributed by atoms with Gasteiger partial charge in [0.25, 0.3) is 0 Å². The molecule has 0 spiro atoms. The Morgan fingerprint density at radius 1 is 1.32 bits per heavy atom. The van der Waals surface area contributed by atoms with Crippen molar-refractivity contribution in [2.45, 2.75) is 58.5 Å². The largest absolute Gasteiger partial charge is 0.444 e. The van der Waals surface area contributed by atoms with Gasteiger partial charge in [-0.2, -0.15) is 0 Å². The summed E-state index contributed by atoms with van der Waals surface area (Å²) in [7, 11) is 1.83. The Morgan fingerprint density at radius 3 is 2.53 bits per heavy atom. The van der Waals surface area contributed by atoms with Crippen LogP contribution in [0.3, 0.4) is 0 Å². The van der Waals surface area contributed by atoms with E-state index in [1.54, 1.807) is 4.90 Å². The number of carbonyl (C=O) groups excluding carboxylic acids is 1. The van der Waals surface area contributed by atoms with Crippen molar-refractivity contribution in [3.05, 3.63) is 0 Å². The molecule has 0 heterocycles. The second-order valence-electron chi connectivity index (χ2n) is 6.84. The predicted octanol–water partition coefficient (Wildman–Crippen LogP) is 3.01. The fourth-order valence-electron chi connectivity index (χ4n) is 2.81. The number of amides is 1. The molecule has 2 unspecified atom stereocenters. The Bertz CT molecular complexity index is 286. The van der Waals surface area contributed by atoms with Gasteiger partial charge < -0.3 is 15.4 Å². The Kier molecular flexibility index (Phi) is 6.11. The lowest BCUT2D eigenvalue weighted by molar-refractivity contribution is 0.0273. The molecule has 112 valence electrons. The molecule has 2 atom stereocenters. The molecule has 0 saturated heterocycles. The fourth-order valence-corrected chi connectivity index (χ4v) is 2.81. The highest BCUT2D eigenvalue weighted by atomic mass is 16.6. The molecule has 4 heteroatoms. The molecule has 1 amide bonds. The normalized spacial score (nSPS) is 23.4. The molecule has 1 fully saturated rings. The molecule has 1 aliphatic rings. The highest BCUT2D eigenvalue weighted by Crippen LogP contribution is 2.34. The lowest BCUT2D eigenvalue weighted by Gasteiger charge is -2.26. The molecule has 1 aliphatic carbocycles. The minimum atomic E-state index is -0.412. The van der Waals surface area contributed by atoms with Gasteiger partial charge in [0.05, 0.1) is 0 Å². The van der Waals surface area contributed by atoms with E-state index < -0.39 is 5.60 Å². The standard InChI is InChI=1S/C15H30N2O2/c1-15(2,3)19-14(18)17(4)11-13-8-7-12(10-13)6-5-9-16/h12-13H,5-11,16H2,1-4H3. The van der Waals surface area contributed by atoms with Gasteiger partial charge in [-0.25, -0.2) is 4.79 Å². The Hall–Kier alpha value is -0.770. The summed E-state index contributed by atoms with van der Waals surface area (Å²) in [6.45, 7) is 7.30. The van der Waals surface area contributed by atoms with Crippen molar-refractivity contribution in [2.75, 3.05) is 20.1 Å². The molecule has 1 saturated carbocycles. The van der Waals surface area contributed by atoms with Crippen LogP contribution in [0.5, 0.6) is 0 Å². The summed E-state index contributed by atoms with van der Waals surface area (Å²) in [5.41, 5.74) is 5.14. The van der Waals surface area contributed by atoms with Gasteiger partial charge in [-0.1, -0.05) is 6.42 Å². The second kappa shape index (κ2) is 7.13. The van der Waals surface area contributed by atoms with Crippen molar-refractivity contribution in [1.29, 1.82) is 0 Å². The van der Waals surface area contributed by atoms with Gasteiger partial charge in [-0.3, -0.25) is 0 Å². The summed E-state index contributed by atoms with van der Waals surface area (Å²) >= 11 is 0. The van der Waals surface area contributed by atoms with Crippen molar-refractivity contribution >= 4 is 6.09 Å². The van der Waals surface area contributed by atoms with Gasteiger partial charge >= 0.3 is 6.09 Å². The van der Waals surface area contributed by atoms with Crippen LogP contribution in [-0.2, 0) is 4.74 Å². The van der Waals surface area contributed by atoms with Gasteiger partial charge in [0.2, 0.25) is 0 Å². The molecule has 0 aromatic rings. The monoisotopic (exact) mass is 270 g/mol. The third-order valence-corrected chi connectivity index (χ3v) is 3.70. The van der Waals surface area contributed by atoms with E-state index in [1.165, 1.54) is 25.7 Å². The van der Waals surface area contributed by atoms with Crippen molar-refractivity contribution in [2.24, 2.45) is 17.6 Å². The lowest BCUT2D eigenvalue weighted by Crippen LogP contribution is -2.36. The number of carbonyl (C=O) groups is 1. The highest BCUT2D eigenvalue weighted by Gasteiger charge is 2.27. The van der Waals surface area contributed by atoms with Crippen LogP contribution in [0.1, 0.15) is 52.9 Å². The average molecular weight is 270 g/mol. The fraction of sp³-hybridized carbons (Fsp3) is 0.933. The molecule has 0 radical (unpaired) electrons. The maximum absolute atomic E-state index is 11.9. The highest BCUT2D eigenvalue weighted by molar-refractivity contribution is 5.67. The SMILES string of the molecule is CN(CC1CCC(CCCN)C1)C(=O)OC(C)(C)C. The van der Waals surface area contributed by atoms with Crippen LogP contribution >= 0.6 is 0 Å². The minimum Gasteiger partial charge on any atom is -0.444 e. The van der Waals surface area contributed by atoms with Crippen LogP contribution in [-0.4, -0.2) is 36.7 Å². The summed E-state index contributed by atoms with van der Waals surface area (Å²) in [4.78, 5) is 13.6. The van der Waals surface area contributed by atoms with Crippen molar-refractivity contribution in [3.8, 4) is 0 Å². The van der Waals surface area contributed by atoms with E-state index in [0.717, 1.165) is 25.4 Å². The molecular formula is C15H30N2O2. The van der Waals surface area contributed by atoms with Gasteiger partial charge in [-0.05, 0) is 64.8 Å². The summed E-state index contributed by atoms with van der Waals surface area (Å²) in [6.07, 6.45) is 5.89. The van der Waals surface area contributed by atoms with Gasteiger partial charge in [-0.15, -0.1) is 0 Å². The van der Waals surface area contributed by atoms with E-state index in [9.17, 15) is 4.79 Å². The van der Waals surface area contributed by atoms with Crippen LogP contribution in [0.2, 0.25) is 0 Å². The van der Waals surface area contributed by atoms with Gasteiger partial charge in [0.15, 0.2) is 0 Å². The summed E-state index contributed by atoms with van der Waals surface area (Å²) in [5, 5.41) is 0. The molecule has 19 heavy (non-hydrogen) atoms. The quantitative estimate of drug-likeness (QED) is 0.835. The first-order valence-electron chi connectivity index (χ1n) is 7.46. The van der Waals surface area contributed by atoms with Crippen LogP contribution < -0.4 is 5.73 Å². The summed E-state index contributed by atoms with van der Waals surface area (Å²) in [6, 6.07) is 0. The van der Waals surface area contributed by atoms with E-state index >= 15 is 0 Å². The van der Waals surface area contributed by atoms with Crippen LogP contribution in [0.4, 0.5) is 4.79 Å². The summed E-state index contributed by atoms with van der Waals surface area (Å²) in [5.74, 6) is 1.43. The first kappa shape index (κ1) is 16.3. The van der Waals surface area contributed by atoms with Gasteiger partial charge in [0.1, 0.15) is 5.60 Å². The molecule has 0 aromatic carbocycles.